The van der Waals surface area contributed by atoms with E-state index in [2.05, 4.69) is 67.8 Å². The first kappa shape index (κ1) is 24.4. The van der Waals surface area contributed by atoms with E-state index in [1.165, 1.54) is 25.7 Å². The van der Waals surface area contributed by atoms with Crippen molar-refractivity contribution in [3.8, 4) is 0 Å². The zero-order chi connectivity index (χ0) is 19.3. The first-order chi connectivity index (χ1) is 12.7. The van der Waals surface area contributed by atoms with E-state index in [1.54, 1.807) is 0 Å². The number of carbonyl (C=O) groups is 1. The molecule has 0 saturated heterocycles. The molecule has 0 aromatic heterocycles. The van der Waals surface area contributed by atoms with Gasteiger partial charge in [0.15, 0.2) is 0 Å². The van der Waals surface area contributed by atoms with Crippen molar-refractivity contribution < 1.29 is 9.90 Å². The molecule has 0 aliphatic rings. The molecule has 0 fully saturated rings. The minimum atomic E-state index is 0.00133. The van der Waals surface area contributed by atoms with E-state index in [0.29, 0.717) is 18.9 Å². The van der Waals surface area contributed by atoms with E-state index in [9.17, 15) is 4.79 Å². The Kier molecular flexibility index (Phi) is 18.5. The summed E-state index contributed by atoms with van der Waals surface area (Å²) < 4.78 is 0. The Morgan fingerprint density at radius 2 is 1.54 bits per heavy atom. The van der Waals surface area contributed by atoms with Crippen molar-refractivity contribution in [3.63, 3.8) is 0 Å². The van der Waals surface area contributed by atoms with E-state index in [0.717, 1.165) is 25.7 Å². The molecule has 0 heterocycles. The smallest absolute Gasteiger partial charge is 0.220 e. The fraction of sp³-hybridized carbons (Fsp3) is 0.609. The van der Waals surface area contributed by atoms with Gasteiger partial charge < -0.3 is 10.4 Å². The van der Waals surface area contributed by atoms with Crippen molar-refractivity contribution in [2.75, 3.05) is 13.2 Å². The monoisotopic (exact) mass is 361 g/mol. The lowest BCUT2D eigenvalue weighted by Crippen LogP contribution is -2.25. The van der Waals surface area contributed by atoms with Gasteiger partial charge in [-0.3, -0.25) is 4.79 Å². The van der Waals surface area contributed by atoms with E-state index in [4.69, 9.17) is 5.11 Å². The summed E-state index contributed by atoms with van der Waals surface area (Å²) in [6, 6.07) is 0. The standard InChI is InChI=1S/C23H39NO2/c1-3-4-5-6-7-8-11-14-17-22(2)18-15-12-9-10-13-16-19-23(26)24-20-21-25/h7-10,14-15,17-18,22,25H,3-6,11-13,16,19-21H2,1-2H3,(H,24,26)/b8-7-,10-9-,17-14-,18-15-/t22-/m0/s1. The maximum Gasteiger partial charge on any atom is 0.220 e. The highest BCUT2D eigenvalue weighted by Crippen LogP contribution is 2.04. The van der Waals surface area contributed by atoms with Crippen molar-refractivity contribution in [2.45, 2.75) is 71.6 Å². The summed E-state index contributed by atoms with van der Waals surface area (Å²) in [6.45, 7) is 4.79. The number of nitrogens with one attached hydrogen (secondary N) is 1. The van der Waals surface area contributed by atoms with Crippen LogP contribution in [0.15, 0.2) is 48.6 Å². The highest BCUT2D eigenvalue weighted by molar-refractivity contribution is 5.75. The van der Waals surface area contributed by atoms with Crippen molar-refractivity contribution in [1.29, 1.82) is 0 Å². The minimum absolute atomic E-state index is 0.00133. The summed E-state index contributed by atoms with van der Waals surface area (Å²) in [5, 5.41) is 11.3. The Morgan fingerprint density at radius 1 is 0.923 bits per heavy atom. The van der Waals surface area contributed by atoms with Gasteiger partial charge in [0.25, 0.3) is 0 Å². The summed E-state index contributed by atoms with van der Waals surface area (Å²) >= 11 is 0. The molecule has 1 atom stereocenters. The van der Waals surface area contributed by atoms with E-state index < -0.39 is 0 Å². The molecule has 0 aromatic rings. The third-order valence-electron chi connectivity index (χ3n) is 3.94. The molecule has 0 unspecified atom stereocenters. The fourth-order valence-electron chi connectivity index (χ4n) is 2.41. The van der Waals surface area contributed by atoms with Crippen LogP contribution in [0.25, 0.3) is 0 Å². The lowest BCUT2D eigenvalue weighted by molar-refractivity contribution is -0.121. The Balaban J connectivity index is 3.64. The summed E-state index contributed by atoms with van der Waals surface area (Å²) in [5.74, 6) is 0.482. The van der Waals surface area contributed by atoms with Gasteiger partial charge >= 0.3 is 0 Å². The quantitative estimate of drug-likeness (QED) is 0.282. The molecule has 3 heteroatoms. The molecule has 0 aromatic carbocycles. The lowest BCUT2D eigenvalue weighted by atomic mass is 10.1. The van der Waals surface area contributed by atoms with Crippen LogP contribution in [0.1, 0.15) is 71.6 Å². The minimum Gasteiger partial charge on any atom is -0.395 e. The Labute approximate surface area is 161 Å². The molecule has 0 bridgehead atoms. The molecule has 26 heavy (non-hydrogen) atoms. The summed E-state index contributed by atoms with van der Waals surface area (Å²) in [4.78, 5) is 11.3. The van der Waals surface area contributed by atoms with Crippen molar-refractivity contribution in [2.24, 2.45) is 5.92 Å². The SMILES string of the molecule is CCCCC/C=C\C/C=C\[C@H](C)/C=C\C/C=C\CCCC(=O)NCCO. The average Bonchev–Trinajstić information content (AvgIpc) is 2.64. The molecule has 0 aliphatic carbocycles. The maximum atomic E-state index is 11.3. The molecule has 0 saturated carbocycles. The van der Waals surface area contributed by atoms with Gasteiger partial charge in [-0.15, -0.1) is 0 Å². The van der Waals surface area contributed by atoms with Crippen LogP contribution in [0.3, 0.4) is 0 Å². The van der Waals surface area contributed by atoms with Crippen molar-refractivity contribution in [3.05, 3.63) is 48.6 Å². The second-order valence-corrected chi connectivity index (χ2v) is 6.59. The number of carbonyl (C=O) groups excluding carboxylic acids is 1. The third kappa shape index (κ3) is 18.7. The van der Waals surface area contributed by atoms with Gasteiger partial charge in [0, 0.05) is 13.0 Å². The normalized spacial score (nSPS) is 13.5. The van der Waals surface area contributed by atoms with E-state index in [-0.39, 0.29) is 12.5 Å². The molecular formula is C23H39NO2. The average molecular weight is 362 g/mol. The first-order valence-corrected chi connectivity index (χ1v) is 10.2. The maximum absolute atomic E-state index is 11.3. The van der Waals surface area contributed by atoms with Crippen LogP contribution in [0, 0.1) is 5.92 Å². The Bertz CT molecular complexity index is 435. The zero-order valence-electron chi connectivity index (χ0n) is 16.8. The predicted octanol–water partition coefficient (Wildman–Crippen LogP) is 5.49. The molecule has 0 spiro atoms. The van der Waals surface area contributed by atoms with Gasteiger partial charge in [0.1, 0.15) is 0 Å². The number of rotatable bonds is 16. The van der Waals surface area contributed by atoms with Crippen LogP contribution >= 0.6 is 0 Å². The molecule has 148 valence electrons. The number of aliphatic hydroxyl groups excluding tert-OH is 1. The van der Waals surface area contributed by atoms with Gasteiger partial charge in [-0.05, 0) is 44.4 Å². The second-order valence-electron chi connectivity index (χ2n) is 6.59. The Morgan fingerprint density at radius 3 is 2.12 bits per heavy atom. The van der Waals surface area contributed by atoms with Gasteiger partial charge in [-0.25, -0.2) is 0 Å². The van der Waals surface area contributed by atoms with Crippen LogP contribution in [0.4, 0.5) is 0 Å². The number of hydrogen-bond donors (Lipinski definition) is 2. The van der Waals surface area contributed by atoms with Gasteiger partial charge in [0.2, 0.25) is 5.91 Å². The van der Waals surface area contributed by atoms with Crippen LogP contribution in [-0.2, 0) is 4.79 Å². The van der Waals surface area contributed by atoms with Crippen molar-refractivity contribution in [1.82, 2.24) is 5.32 Å². The summed E-state index contributed by atoms with van der Waals surface area (Å²) in [7, 11) is 0. The van der Waals surface area contributed by atoms with Crippen LogP contribution in [-0.4, -0.2) is 24.2 Å². The highest BCUT2D eigenvalue weighted by Gasteiger charge is 1.97. The second kappa shape index (κ2) is 19.7. The van der Waals surface area contributed by atoms with Crippen LogP contribution in [0.2, 0.25) is 0 Å². The van der Waals surface area contributed by atoms with Crippen LogP contribution < -0.4 is 5.32 Å². The highest BCUT2D eigenvalue weighted by atomic mass is 16.3. The van der Waals surface area contributed by atoms with Crippen LogP contribution in [0.5, 0.6) is 0 Å². The molecule has 0 radical (unpaired) electrons. The molecule has 2 N–H and O–H groups in total. The van der Waals surface area contributed by atoms with Gasteiger partial charge in [-0.1, -0.05) is 75.3 Å². The Hall–Kier alpha value is -1.61. The molecule has 0 aliphatic heterocycles. The number of amides is 1. The van der Waals surface area contributed by atoms with Gasteiger partial charge in [-0.2, -0.15) is 0 Å². The first-order valence-electron chi connectivity index (χ1n) is 10.2. The molecular weight excluding hydrogens is 322 g/mol. The molecule has 0 rings (SSSR count). The van der Waals surface area contributed by atoms with E-state index >= 15 is 0 Å². The molecule has 1 amide bonds. The lowest BCUT2D eigenvalue weighted by Gasteiger charge is -2.00. The summed E-state index contributed by atoms with van der Waals surface area (Å²) in [5.41, 5.74) is 0. The fourth-order valence-corrected chi connectivity index (χ4v) is 2.41. The number of allylic oxidation sites excluding steroid dienone is 8. The van der Waals surface area contributed by atoms with Gasteiger partial charge in [0.05, 0.1) is 6.61 Å². The number of unbranched alkanes of at least 4 members (excludes halogenated alkanes) is 4. The topological polar surface area (TPSA) is 49.3 Å². The molecule has 3 nitrogen and oxygen atoms in total. The predicted molar refractivity (Wildman–Crippen MR) is 113 cm³/mol. The van der Waals surface area contributed by atoms with E-state index in [1.807, 2.05) is 0 Å². The van der Waals surface area contributed by atoms with Crippen molar-refractivity contribution >= 4 is 5.91 Å². The summed E-state index contributed by atoms with van der Waals surface area (Å²) in [6.07, 6.45) is 27.1. The zero-order valence-corrected chi connectivity index (χ0v) is 16.8. The largest absolute Gasteiger partial charge is 0.395 e. The number of aliphatic hydroxyl groups is 1. The third-order valence-corrected chi connectivity index (χ3v) is 3.94. The number of hydrogen-bond acceptors (Lipinski definition) is 2.